The molecule has 0 radical (unpaired) electrons. The molecule has 0 spiro atoms. The first-order chi connectivity index (χ1) is 14.5. The third-order valence-corrected chi connectivity index (χ3v) is 5.88. The van der Waals surface area contributed by atoms with Crippen molar-refractivity contribution in [2.45, 2.75) is 33.0 Å². The van der Waals surface area contributed by atoms with Gasteiger partial charge < -0.3 is 14.8 Å². The number of rotatable bonds is 8. The number of piperazine rings is 1. The molecule has 1 amide bonds. The minimum atomic E-state index is -0.126. The van der Waals surface area contributed by atoms with Crippen LogP contribution in [-0.4, -0.2) is 62.1 Å². The van der Waals surface area contributed by atoms with E-state index in [4.69, 9.17) is 9.47 Å². The molecule has 2 aromatic carbocycles. The molecule has 1 heterocycles. The summed E-state index contributed by atoms with van der Waals surface area (Å²) in [5.41, 5.74) is 3.56. The van der Waals surface area contributed by atoms with Gasteiger partial charge in [-0.1, -0.05) is 30.3 Å². The Balaban J connectivity index is 1.50. The number of nitrogens with zero attached hydrogens (tertiary/aromatic N) is 2. The zero-order chi connectivity index (χ0) is 21.5. The van der Waals surface area contributed by atoms with Crippen molar-refractivity contribution < 1.29 is 14.3 Å². The molecule has 0 aromatic heterocycles. The molecule has 1 atom stereocenters. The third-order valence-electron chi connectivity index (χ3n) is 5.88. The average Bonchev–Trinajstić information content (AvgIpc) is 2.79. The highest BCUT2D eigenvalue weighted by Gasteiger charge is 2.25. The lowest BCUT2D eigenvalue weighted by atomic mass is 10.1. The summed E-state index contributed by atoms with van der Waals surface area (Å²) in [6.45, 7) is 9.17. The lowest BCUT2D eigenvalue weighted by molar-refractivity contribution is -0.126. The minimum absolute atomic E-state index is 0.0861. The Morgan fingerprint density at radius 3 is 2.30 bits per heavy atom. The maximum atomic E-state index is 12.6. The van der Waals surface area contributed by atoms with Gasteiger partial charge in [0.2, 0.25) is 5.91 Å². The Kier molecular flexibility index (Phi) is 7.71. The smallest absolute Gasteiger partial charge is 0.237 e. The summed E-state index contributed by atoms with van der Waals surface area (Å²) in [6, 6.07) is 14.0. The number of benzene rings is 2. The summed E-state index contributed by atoms with van der Waals surface area (Å²) in [5.74, 6) is 1.61. The van der Waals surface area contributed by atoms with E-state index < -0.39 is 0 Å². The second kappa shape index (κ2) is 10.5. The number of amides is 1. The van der Waals surface area contributed by atoms with Crippen LogP contribution >= 0.6 is 0 Å². The van der Waals surface area contributed by atoms with Gasteiger partial charge in [-0.25, -0.2) is 0 Å². The van der Waals surface area contributed by atoms with Crippen molar-refractivity contribution in [2.75, 3.05) is 40.4 Å². The molecule has 3 rings (SSSR count). The predicted molar refractivity (Wildman–Crippen MR) is 119 cm³/mol. The maximum absolute atomic E-state index is 12.6. The maximum Gasteiger partial charge on any atom is 0.237 e. The van der Waals surface area contributed by atoms with Crippen LogP contribution in [0.4, 0.5) is 0 Å². The van der Waals surface area contributed by atoms with Gasteiger partial charge in [-0.15, -0.1) is 0 Å². The molecule has 30 heavy (non-hydrogen) atoms. The van der Waals surface area contributed by atoms with E-state index in [1.54, 1.807) is 14.2 Å². The molecule has 0 unspecified atom stereocenters. The molecule has 0 bridgehead atoms. The summed E-state index contributed by atoms with van der Waals surface area (Å²) in [6.07, 6.45) is 0. The third kappa shape index (κ3) is 5.52. The zero-order valence-electron chi connectivity index (χ0n) is 18.5. The van der Waals surface area contributed by atoms with Crippen LogP contribution in [0.3, 0.4) is 0 Å². The standard InChI is InChI=1S/C24H33N3O3/c1-18-14-22(29-3)23(30-4)15-21(18)17-26-10-12-27(13-11-26)19(2)24(28)25-16-20-8-6-5-7-9-20/h5-9,14-15,19H,10-13,16-17H2,1-4H3,(H,25,28)/t19-/m0/s1. The monoisotopic (exact) mass is 411 g/mol. The number of ether oxygens (including phenoxy) is 2. The average molecular weight is 412 g/mol. The van der Waals surface area contributed by atoms with Gasteiger partial charge in [0.05, 0.1) is 20.3 Å². The van der Waals surface area contributed by atoms with Crippen LogP contribution < -0.4 is 14.8 Å². The molecule has 1 saturated heterocycles. The van der Waals surface area contributed by atoms with Crippen molar-refractivity contribution in [3.05, 3.63) is 59.2 Å². The Morgan fingerprint density at radius 2 is 1.67 bits per heavy atom. The number of methoxy groups -OCH3 is 2. The molecule has 1 aliphatic heterocycles. The minimum Gasteiger partial charge on any atom is -0.493 e. The van der Waals surface area contributed by atoms with E-state index in [0.717, 1.165) is 49.8 Å². The highest BCUT2D eigenvalue weighted by atomic mass is 16.5. The molecular weight excluding hydrogens is 378 g/mol. The lowest BCUT2D eigenvalue weighted by Gasteiger charge is -2.37. The van der Waals surface area contributed by atoms with Crippen LogP contribution in [0.2, 0.25) is 0 Å². The topological polar surface area (TPSA) is 54.0 Å². The van der Waals surface area contributed by atoms with E-state index in [1.807, 2.05) is 43.3 Å². The van der Waals surface area contributed by atoms with Crippen LogP contribution in [0, 0.1) is 6.92 Å². The van der Waals surface area contributed by atoms with Crippen LogP contribution in [0.15, 0.2) is 42.5 Å². The van der Waals surface area contributed by atoms with Crippen molar-refractivity contribution in [1.29, 1.82) is 0 Å². The predicted octanol–water partition coefficient (Wildman–Crippen LogP) is 2.83. The summed E-state index contributed by atoms with van der Waals surface area (Å²) < 4.78 is 10.8. The molecule has 6 heteroatoms. The van der Waals surface area contributed by atoms with Crippen LogP contribution in [0.1, 0.15) is 23.6 Å². The molecule has 1 fully saturated rings. The van der Waals surface area contributed by atoms with Crippen molar-refractivity contribution >= 4 is 5.91 Å². The summed E-state index contributed by atoms with van der Waals surface area (Å²) in [5, 5.41) is 3.06. The van der Waals surface area contributed by atoms with Gasteiger partial charge in [0, 0.05) is 39.3 Å². The number of carbonyl (C=O) groups excluding carboxylic acids is 1. The zero-order valence-corrected chi connectivity index (χ0v) is 18.5. The van der Waals surface area contributed by atoms with Gasteiger partial charge in [0.25, 0.3) is 0 Å². The van der Waals surface area contributed by atoms with Gasteiger partial charge >= 0.3 is 0 Å². The fraction of sp³-hybridized carbons (Fsp3) is 0.458. The first-order valence-corrected chi connectivity index (χ1v) is 10.5. The number of hydrogen-bond donors (Lipinski definition) is 1. The van der Waals surface area contributed by atoms with Crippen LogP contribution in [-0.2, 0) is 17.9 Å². The molecular formula is C24H33N3O3. The molecule has 0 saturated carbocycles. The second-order valence-electron chi connectivity index (χ2n) is 7.83. The highest BCUT2D eigenvalue weighted by Crippen LogP contribution is 2.31. The van der Waals surface area contributed by atoms with E-state index in [2.05, 4.69) is 28.1 Å². The first-order valence-electron chi connectivity index (χ1n) is 10.5. The van der Waals surface area contributed by atoms with Crippen molar-refractivity contribution in [3.8, 4) is 11.5 Å². The normalized spacial score (nSPS) is 16.1. The quantitative estimate of drug-likeness (QED) is 0.724. The Hall–Kier alpha value is -2.57. The van der Waals surface area contributed by atoms with Gasteiger partial charge in [-0.05, 0) is 42.7 Å². The summed E-state index contributed by atoms with van der Waals surface area (Å²) in [7, 11) is 3.33. The SMILES string of the molecule is COc1cc(C)c(CN2CCN([C@@H](C)C(=O)NCc3ccccc3)CC2)cc1OC. The van der Waals surface area contributed by atoms with E-state index >= 15 is 0 Å². The van der Waals surface area contributed by atoms with E-state index in [-0.39, 0.29) is 11.9 Å². The molecule has 1 aliphatic rings. The van der Waals surface area contributed by atoms with Gasteiger partial charge in [-0.2, -0.15) is 0 Å². The van der Waals surface area contributed by atoms with Crippen LogP contribution in [0.5, 0.6) is 11.5 Å². The number of hydrogen-bond acceptors (Lipinski definition) is 5. The fourth-order valence-corrected chi connectivity index (χ4v) is 3.84. The van der Waals surface area contributed by atoms with E-state index in [0.29, 0.717) is 6.54 Å². The molecule has 0 aliphatic carbocycles. The van der Waals surface area contributed by atoms with Crippen molar-refractivity contribution in [3.63, 3.8) is 0 Å². The van der Waals surface area contributed by atoms with Crippen LogP contribution in [0.25, 0.3) is 0 Å². The largest absolute Gasteiger partial charge is 0.493 e. The molecule has 6 nitrogen and oxygen atoms in total. The van der Waals surface area contributed by atoms with E-state index in [1.165, 1.54) is 11.1 Å². The second-order valence-corrected chi connectivity index (χ2v) is 7.83. The first kappa shape index (κ1) is 22.1. The lowest BCUT2D eigenvalue weighted by Crippen LogP contribution is -2.53. The molecule has 162 valence electrons. The summed E-state index contributed by atoms with van der Waals surface area (Å²) in [4.78, 5) is 17.3. The van der Waals surface area contributed by atoms with Gasteiger partial charge in [0.1, 0.15) is 0 Å². The number of nitrogens with one attached hydrogen (secondary N) is 1. The molecule has 2 aromatic rings. The van der Waals surface area contributed by atoms with Crippen molar-refractivity contribution in [2.24, 2.45) is 0 Å². The highest BCUT2D eigenvalue weighted by molar-refractivity contribution is 5.81. The fourth-order valence-electron chi connectivity index (χ4n) is 3.84. The van der Waals surface area contributed by atoms with Crippen molar-refractivity contribution in [1.82, 2.24) is 15.1 Å². The Morgan fingerprint density at radius 1 is 1.03 bits per heavy atom. The Labute approximate surface area is 179 Å². The Bertz CT molecular complexity index is 833. The number of aryl methyl sites for hydroxylation is 1. The number of carbonyl (C=O) groups is 1. The van der Waals surface area contributed by atoms with Gasteiger partial charge in [-0.3, -0.25) is 14.6 Å². The molecule has 1 N–H and O–H groups in total. The van der Waals surface area contributed by atoms with Gasteiger partial charge in [0.15, 0.2) is 11.5 Å². The van der Waals surface area contributed by atoms with E-state index in [9.17, 15) is 4.79 Å². The summed E-state index contributed by atoms with van der Waals surface area (Å²) >= 11 is 0.